The van der Waals surface area contributed by atoms with E-state index in [0.29, 0.717) is 0 Å². The number of ether oxygens (including phenoxy) is 2. The van der Waals surface area contributed by atoms with E-state index in [-0.39, 0.29) is 5.92 Å². The van der Waals surface area contributed by atoms with E-state index in [2.05, 4.69) is 48.5 Å². The number of rotatable bonds is 7. The predicted molar refractivity (Wildman–Crippen MR) is 133 cm³/mol. The summed E-state index contributed by atoms with van der Waals surface area (Å²) in [7, 11) is 0. The molecule has 0 heterocycles. The molecule has 0 saturated carbocycles. The monoisotopic (exact) mass is 428 g/mol. The van der Waals surface area contributed by atoms with Gasteiger partial charge in [-0.1, -0.05) is 91.0 Å². The maximum Gasteiger partial charge on any atom is 0.127 e. The third kappa shape index (κ3) is 5.13. The number of para-hydroxylation sites is 2. The van der Waals surface area contributed by atoms with Crippen LogP contribution in [0, 0.1) is 0 Å². The molecule has 0 aliphatic carbocycles. The SMILES string of the molecule is c1ccc(Oc2ccc(C(c3ccccc3)c3ccc(Oc4ccccc4)cc3)cc2)cc1. The van der Waals surface area contributed by atoms with Crippen LogP contribution in [-0.2, 0) is 0 Å². The lowest BCUT2D eigenvalue weighted by Crippen LogP contribution is -2.03. The summed E-state index contributed by atoms with van der Waals surface area (Å²) < 4.78 is 12.0. The fourth-order valence-corrected chi connectivity index (χ4v) is 3.93. The first kappa shape index (κ1) is 20.6. The molecule has 0 fully saturated rings. The molecule has 5 rings (SSSR count). The molecule has 0 atom stereocenters. The van der Waals surface area contributed by atoms with Crippen molar-refractivity contribution in [3.8, 4) is 23.0 Å². The molecule has 5 aromatic carbocycles. The van der Waals surface area contributed by atoms with Gasteiger partial charge in [-0.3, -0.25) is 0 Å². The Bertz CT molecular complexity index is 1180. The van der Waals surface area contributed by atoms with E-state index in [1.54, 1.807) is 0 Å². The highest BCUT2D eigenvalue weighted by atomic mass is 16.5. The summed E-state index contributed by atoms with van der Waals surface area (Å²) in [6.07, 6.45) is 0. The van der Waals surface area contributed by atoms with E-state index >= 15 is 0 Å². The molecule has 0 aliphatic heterocycles. The van der Waals surface area contributed by atoms with Crippen molar-refractivity contribution in [2.45, 2.75) is 5.92 Å². The van der Waals surface area contributed by atoms with Gasteiger partial charge in [-0.25, -0.2) is 0 Å². The summed E-state index contributed by atoms with van der Waals surface area (Å²) in [5, 5.41) is 0. The second-order valence-corrected chi connectivity index (χ2v) is 7.81. The van der Waals surface area contributed by atoms with Crippen LogP contribution >= 0.6 is 0 Å². The van der Waals surface area contributed by atoms with Crippen LogP contribution in [0.2, 0.25) is 0 Å². The Hall–Kier alpha value is -4.30. The minimum Gasteiger partial charge on any atom is -0.457 e. The molecule has 2 nitrogen and oxygen atoms in total. The van der Waals surface area contributed by atoms with Crippen molar-refractivity contribution in [1.29, 1.82) is 0 Å². The highest BCUT2D eigenvalue weighted by Crippen LogP contribution is 2.34. The topological polar surface area (TPSA) is 18.5 Å². The zero-order chi connectivity index (χ0) is 22.3. The molecule has 2 heteroatoms. The molecule has 5 aromatic rings. The van der Waals surface area contributed by atoms with Crippen molar-refractivity contribution in [3.05, 3.63) is 156 Å². The average Bonchev–Trinajstić information content (AvgIpc) is 2.88. The highest BCUT2D eigenvalue weighted by Gasteiger charge is 2.17. The second-order valence-electron chi connectivity index (χ2n) is 7.81. The third-order valence-electron chi connectivity index (χ3n) is 5.52. The Balaban J connectivity index is 1.42. The van der Waals surface area contributed by atoms with Crippen LogP contribution in [0.15, 0.2) is 140 Å². The molecule has 0 N–H and O–H groups in total. The smallest absolute Gasteiger partial charge is 0.127 e. The van der Waals surface area contributed by atoms with E-state index in [1.165, 1.54) is 16.7 Å². The van der Waals surface area contributed by atoms with Crippen LogP contribution in [-0.4, -0.2) is 0 Å². The molecule has 0 unspecified atom stereocenters. The number of hydrogen-bond acceptors (Lipinski definition) is 2. The fourth-order valence-electron chi connectivity index (χ4n) is 3.93. The molecule has 0 radical (unpaired) electrons. The number of hydrogen-bond donors (Lipinski definition) is 0. The first-order valence-corrected chi connectivity index (χ1v) is 11.1. The largest absolute Gasteiger partial charge is 0.457 e. The quantitative estimate of drug-likeness (QED) is 0.242. The summed E-state index contributed by atoms with van der Waals surface area (Å²) in [6.45, 7) is 0. The number of benzene rings is 5. The zero-order valence-electron chi connectivity index (χ0n) is 18.2. The van der Waals surface area contributed by atoms with Gasteiger partial charge in [0.15, 0.2) is 0 Å². The van der Waals surface area contributed by atoms with Crippen molar-refractivity contribution in [1.82, 2.24) is 0 Å². The van der Waals surface area contributed by atoms with Crippen molar-refractivity contribution in [2.75, 3.05) is 0 Å². The van der Waals surface area contributed by atoms with Gasteiger partial charge in [0.1, 0.15) is 23.0 Å². The summed E-state index contributed by atoms with van der Waals surface area (Å²) in [4.78, 5) is 0. The zero-order valence-corrected chi connectivity index (χ0v) is 18.2. The van der Waals surface area contributed by atoms with Crippen LogP contribution in [0.25, 0.3) is 0 Å². The highest BCUT2D eigenvalue weighted by molar-refractivity contribution is 5.46. The maximum absolute atomic E-state index is 5.98. The Morgan fingerprint density at radius 3 is 1.00 bits per heavy atom. The molecule has 0 saturated heterocycles. The van der Waals surface area contributed by atoms with Gasteiger partial charge in [-0.05, 0) is 65.2 Å². The maximum atomic E-state index is 5.98. The Kier molecular flexibility index (Phi) is 6.17. The molecular formula is C31H24O2. The first-order chi connectivity index (χ1) is 16.3. The molecule has 0 aliphatic rings. The second kappa shape index (κ2) is 9.88. The van der Waals surface area contributed by atoms with Gasteiger partial charge in [-0.2, -0.15) is 0 Å². The summed E-state index contributed by atoms with van der Waals surface area (Å²) >= 11 is 0. The minimum absolute atomic E-state index is 0.114. The summed E-state index contributed by atoms with van der Waals surface area (Å²) in [5.74, 6) is 3.42. The Labute approximate surface area is 194 Å². The van der Waals surface area contributed by atoms with Gasteiger partial charge in [0.05, 0.1) is 0 Å². The van der Waals surface area contributed by atoms with Crippen molar-refractivity contribution >= 4 is 0 Å². The molecule has 0 spiro atoms. The summed E-state index contributed by atoms with van der Waals surface area (Å²) in [6, 6.07) is 47.0. The van der Waals surface area contributed by atoms with Gasteiger partial charge >= 0.3 is 0 Å². The molecule has 0 bridgehead atoms. The molecule has 0 amide bonds. The van der Waals surface area contributed by atoms with E-state index in [4.69, 9.17) is 9.47 Å². The predicted octanol–water partition coefficient (Wildman–Crippen LogP) is 8.45. The van der Waals surface area contributed by atoms with Crippen LogP contribution in [0.1, 0.15) is 22.6 Å². The minimum atomic E-state index is 0.114. The van der Waals surface area contributed by atoms with Gasteiger partial charge in [0.2, 0.25) is 0 Å². The fraction of sp³-hybridized carbons (Fsp3) is 0.0323. The van der Waals surface area contributed by atoms with Crippen molar-refractivity contribution in [2.24, 2.45) is 0 Å². The summed E-state index contributed by atoms with van der Waals surface area (Å²) in [5.41, 5.74) is 3.66. The van der Waals surface area contributed by atoms with Crippen LogP contribution in [0.5, 0.6) is 23.0 Å². The normalized spacial score (nSPS) is 10.7. The van der Waals surface area contributed by atoms with Crippen LogP contribution in [0.4, 0.5) is 0 Å². The van der Waals surface area contributed by atoms with E-state index in [9.17, 15) is 0 Å². The van der Waals surface area contributed by atoms with Gasteiger partial charge in [0, 0.05) is 5.92 Å². The molecule has 33 heavy (non-hydrogen) atoms. The van der Waals surface area contributed by atoms with Crippen molar-refractivity contribution in [3.63, 3.8) is 0 Å². The van der Waals surface area contributed by atoms with Gasteiger partial charge in [-0.15, -0.1) is 0 Å². The molecule has 160 valence electrons. The van der Waals surface area contributed by atoms with E-state index < -0.39 is 0 Å². The first-order valence-electron chi connectivity index (χ1n) is 11.1. The van der Waals surface area contributed by atoms with E-state index in [1.807, 2.05) is 91.0 Å². The van der Waals surface area contributed by atoms with E-state index in [0.717, 1.165) is 23.0 Å². The van der Waals surface area contributed by atoms with Crippen LogP contribution in [0.3, 0.4) is 0 Å². The van der Waals surface area contributed by atoms with Crippen LogP contribution < -0.4 is 9.47 Å². The lowest BCUT2D eigenvalue weighted by Gasteiger charge is -2.20. The standard InChI is InChI=1S/C31H24O2/c1-4-10-24(11-5-1)31(25-16-20-29(21-17-25)32-27-12-6-2-7-13-27)26-18-22-30(23-19-26)33-28-14-8-3-9-15-28/h1-23,31H. The third-order valence-corrected chi connectivity index (χ3v) is 5.52. The Morgan fingerprint density at radius 2 is 0.606 bits per heavy atom. The Morgan fingerprint density at radius 1 is 0.303 bits per heavy atom. The molecule has 0 aromatic heterocycles. The van der Waals surface area contributed by atoms with Gasteiger partial charge < -0.3 is 9.47 Å². The van der Waals surface area contributed by atoms with Gasteiger partial charge in [0.25, 0.3) is 0 Å². The lowest BCUT2D eigenvalue weighted by atomic mass is 9.85. The van der Waals surface area contributed by atoms with Crippen molar-refractivity contribution < 1.29 is 9.47 Å². The average molecular weight is 429 g/mol. The lowest BCUT2D eigenvalue weighted by molar-refractivity contribution is 0.482. The molecular weight excluding hydrogens is 404 g/mol.